The Morgan fingerprint density at radius 2 is 1.90 bits per heavy atom. The van der Waals surface area contributed by atoms with E-state index in [0.29, 0.717) is 29.4 Å². The molecule has 0 saturated carbocycles. The highest BCUT2D eigenvalue weighted by molar-refractivity contribution is 5.84. The molecular formula is C24H22N4O2. The Hall–Kier alpha value is -3.98. The first-order valence-electron chi connectivity index (χ1n) is 9.62. The third-order valence-electron chi connectivity index (χ3n) is 5.21. The van der Waals surface area contributed by atoms with Crippen LogP contribution < -0.4 is 14.8 Å². The number of nitrogens with one attached hydrogen (secondary N) is 2. The second kappa shape index (κ2) is 8.58. The van der Waals surface area contributed by atoms with Gasteiger partial charge in [-0.2, -0.15) is 5.26 Å². The zero-order chi connectivity index (χ0) is 20.9. The first-order valence-corrected chi connectivity index (χ1v) is 9.62. The van der Waals surface area contributed by atoms with Crippen molar-refractivity contribution < 1.29 is 9.47 Å². The van der Waals surface area contributed by atoms with E-state index in [0.717, 1.165) is 22.0 Å². The minimum absolute atomic E-state index is 0.0697. The van der Waals surface area contributed by atoms with Crippen LogP contribution in [-0.4, -0.2) is 30.7 Å². The molecule has 1 atom stereocenters. The van der Waals surface area contributed by atoms with E-state index in [2.05, 4.69) is 33.5 Å². The van der Waals surface area contributed by atoms with Crippen LogP contribution in [-0.2, 0) is 0 Å². The molecule has 30 heavy (non-hydrogen) atoms. The fourth-order valence-electron chi connectivity index (χ4n) is 3.79. The third kappa shape index (κ3) is 3.53. The maximum Gasteiger partial charge on any atom is 0.164 e. The van der Waals surface area contributed by atoms with Crippen molar-refractivity contribution in [1.29, 1.82) is 5.26 Å². The van der Waals surface area contributed by atoms with Crippen LogP contribution in [0, 0.1) is 11.3 Å². The highest BCUT2D eigenvalue weighted by atomic mass is 16.5. The van der Waals surface area contributed by atoms with E-state index in [-0.39, 0.29) is 5.92 Å². The fourth-order valence-corrected chi connectivity index (χ4v) is 3.79. The van der Waals surface area contributed by atoms with Crippen molar-refractivity contribution in [1.82, 2.24) is 9.97 Å². The van der Waals surface area contributed by atoms with Gasteiger partial charge >= 0.3 is 0 Å². The van der Waals surface area contributed by atoms with E-state index < -0.39 is 0 Å². The number of anilines is 1. The SMILES string of the molecule is COc1cccc([C@@H](CNc2ncccc2C#N)c2c[nH]c3ccccc23)c1OC. The van der Waals surface area contributed by atoms with Crippen LogP contribution in [0.15, 0.2) is 67.0 Å². The Morgan fingerprint density at radius 1 is 1.03 bits per heavy atom. The minimum atomic E-state index is -0.0697. The molecule has 0 fully saturated rings. The molecule has 0 bridgehead atoms. The van der Waals surface area contributed by atoms with Gasteiger partial charge in [0.05, 0.1) is 19.8 Å². The van der Waals surface area contributed by atoms with Gasteiger partial charge < -0.3 is 19.8 Å². The Morgan fingerprint density at radius 3 is 2.70 bits per heavy atom. The van der Waals surface area contributed by atoms with Crippen LogP contribution in [0.2, 0.25) is 0 Å². The van der Waals surface area contributed by atoms with Crippen molar-refractivity contribution in [2.45, 2.75) is 5.92 Å². The summed E-state index contributed by atoms with van der Waals surface area (Å²) in [6.07, 6.45) is 3.70. The van der Waals surface area contributed by atoms with E-state index in [1.165, 1.54) is 0 Å². The number of pyridine rings is 1. The molecule has 0 saturated heterocycles. The molecule has 2 N–H and O–H groups in total. The summed E-state index contributed by atoms with van der Waals surface area (Å²) in [5, 5.41) is 13.9. The van der Waals surface area contributed by atoms with Crippen LogP contribution >= 0.6 is 0 Å². The normalized spacial score (nSPS) is 11.6. The number of methoxy groups -OCH3 is 2. The van der Waals surface area contributed by atoms with E-state index in [1.807, 2.05) is 36.5 Å². The number of fused-ring (bicyclic) bond motifs is 1. The largest absolute Gasteiger partial charge is 0.493 e. The minimum Gasteiger partial charge on any atom is -0.493 e. The molecule has 0 aliphatic heterocycles. The smallest absolute Gasteiger partial charge is 0.164 e. The predicted octanol–water partition coefficient (Wildman–Crippen LogP) is 4.70. The molecule has 0 aliphatic rings. The molecule has 4 aromatic rings. The summed E-state index contributed by atoms with van der Waals surface area (Å²) in [6, 6.07) is 19.8. The molecular weight excluding hydrogens is 376 g/mol. The summed E-state index contributed by atoms with van der Waals surface area (Å²) < 4.78 is 11.2. The first-order chi connectivity index (χ1) is 14.8. The van der Waals surface area contributed by atoms with Gasteiger partial charge in [0.2, 0.25) is 0 Å². The van der Waals surface area contributed by atoms with Gasteiger partial charge in [-0.15, -0.1) is 0 Å². The summed E-state index contributed by atoms with van der Waals surface area (Å²) in [6.45, 7) is 0.525. The number of nitriles is 1. The molecule has 0 amide bonds. The van der Waals surface area contributed by atoms with Crippen LogP contribution in [0.3, 0.4) is 0 Å². The van der Waals surface area contributed by atoms with E-state index in [9.17, 15) is 5.26 Å². The number of rotatable bonds is 7. The van der Waals surface area contributed by atoms with Crippen LogP contribution in [0.5, 0.6) is 11.5 Å². The lowest BCUT2D eigenvalue weighted by Gasteiger charge is -2.22. The molecule has 0 radical (unpaired) electrons. The van der Waals surface area contributed by atoms with Gasteiger partial charge in [0, 0.05) is 41.3 Å². The Labute approximate surface area is 175 Å². The summed E-state index contributed by atoms with van der Waals surface area (Å²) in [5.74, 6) is 1.86. The summed E-state index contributed by atoms with van der Waals surface area (Å²) >= 11 is 0. The summed E-state index contributed by atoms with van der Waals surface area (Å²) in [7, 11) is 3.28. The van der Waals surface area contributed by atoms with Gasteiger partial charge in [0.25, 0.3) is 0 Å². The van der Waals surface area contributed by atoms with Gasteiger partial charge in [-0.3, -0.25) is 0 Å². The number of hydrogen-bond donors (Lipinski definition) is 2. The van der Waals surface area contributed by atoms with Crippen LogP contribution in [0.4, 0.5) is 5.82 Å². The average Bonchev–Trinajstić information content (AvgIpc) is 3.23. The van der Waals surface area contributed by atoms with Crippen molar-refractivity contribution in [2.75, 3.05) is 26.1 Å². The molecule has 0 unspecified atom stereocenters. The zero-order valence-corrected chi connectivity index (χ0v) is 16.8. The average molecular weight is 398 g/mol. The quantitative estimate of drug-likeness (QED) is 0.472. The zero-order valence-electron chi connectivity index (χ0n) is 16.8. The first kappa shape index (κ1) is 19.3. The maximum absolute atomic E-state index is 9.40. The highest BCUT2D eigenvalue weighted by Gasteiger charge is 2.24. The predicted molar refractivity (Wildman–Crippen MR) is 117 cm³/mol. The van der Waals surface area contributed by atoms with Crippen molar-refractivity contribution in [3.8, 4) is 17.6 Å². The van der Waals surface area contributed by atoms with Gasteiger partial charge in [0.1, 0.15) is 11.9 Å². The number of ether oxygens (including phenoxy) is 2. The van der Waals surface area contributed by atoms with E-state index in [4.69, 9.17) is 9.47 Å². The number of H-pyrrole nitrogens is 1. The topological polar surface area (TPSA) is 83.0 Å². The second-order valence-electron chi connectivity index (χ2n) is 6.82. The lowest BCUT2D eigenvalue weighted by Crippen LogP contribution is -2.16. The van der Waals surface area contributed by atoms with Crippen molar-refractivity contribution in [3.05, 3.63) is 83.7 Å². The van der Waals surface area contributed by atoms with Crippen molar-refractivity contribution >= 4 is 16.7 Å². The lowest BCUT2D eigenvalue weighted by molar-refractivity contribution is 0.350. The third-order valence-corrected chi connectivity index (χ3v) is 5.21. The van der Waals surface area contributed by atoms with E-state index >= 15 is 0 Å². The van der Waals surface area contributed by atoms with Gasteiger partial charge in [-0.25, -0.2) is 4.98 Å². The fraction of sp³-hybridized carbons (Fsp3) is 0.167. The molecule has 0 spiro atoms. The van der Waals surface area contributed by atoms with Gasteiger partial charge in [-0.1, -0.05) is 30.3 Å². The molecule has 0 aliphatic carbocycles. The number of aromatic amines is 1. The van der Waals surface area contributed by atoms with Crippen molar-refractivity contribution in [2.24, 2.45) is 0 Å². The molecule has 6 heteroatoms. The summed E-state index contributed by atoms with van der Waals surface area (Å²) in [4.78, 5) is 7.70. The molecule has 2 aromatic carbocycles. The molecule has 6 nitrogen and oxygen atoms in total. The standard InChI is InChI=1S/C24H22N4O2/c1-29-22-11-5-9-18(23(22)30-2)20(15-28-24-16(13-25)7-6-12-26-24)19-14-27-21-10-4-3-8-17(19)21/h3-12,14,20,27H,15H2,1-2H3,(H,26,28)/t20-/m1/s1. The monoisotopic (exact) mass is 398 g/mol. The number of hydrogen-bond acceptors (Lipinski definition) is 5. The Balaban J connectivity index is 1.81. The maximum atomic E-state index is 9.40. The Kier molecular flexibility index (Phi) is 5.53. The number of aromatic nitrogens is 2. The second-order valence-corrected chi connectivity index (χ2v) is 6.82. The van der Waals surface area contributed by atoms with Crippen LogP contribution in [0.1, 0.15) is 22.6 Å². The molecule has 4 rings (SSSR count). The molecule has 2 heterocycles. The van der Waals surface area contributed by atoms with Gasteiger partial charge in [0.15, 0.2) is 11.5 Å². The van der Waals surface area contributed by atoms with E-state index in [1.54, 1.807) is 32.5 Å². The van der Waals surface area contributed by atoms with Crippen LogP contribution in [0.25, 0.3) is 10.9 Å². The number of nitrogens with zero attached hydrogens (tertiary/aromatic N) is 2. The number of para-hydroxylation sites is 2. The molecule has 150 valence electrons. The summed E-state index contributed by atoms with van der Waals surface area (Å²) in [5.41, 5.74) is 3.69. The number of benzene rings is 2. The van der Waals surface area contributed by atoms with Gasteiger partial charge in [-0.05, 0) is 29.8 Å². The Bertz CT molecular complexity index is 1210. The lowest BCUT2D eigenvalue weighted by atomic mass is 9.89. The van der Waals surface area contributed by atoms with Crippen molar-refractivity contribution in [3.63, 3.8) is 0 Å². The molecule has 2 aromatic heterocycles. The highest BCUT2D eigenvalue weighted by Crippen LogP contribution is 2.40.